The first-order valence-electron chi connectivity index (χ1n) is 10.8. The Morgan fingerprint density at radius 1 is 1.24 bits per heavy atom. The summed E-state index contributed by atoms with van der Waals surface area (Å²) in [6, 6.07) is 7.15. The van der Waals surface area contributed by atoms with E-state index in [9.17, 15) is 4.79 Å². The highest BCUT2D eigenvalue weighted by Gasteiger charge is 2.41. The van der Waals surface area contributed by atoms with E-state index < -0.39 is 11.7 Å². The zero-order valence-electron chi connectivity index (χ0n) is 18.9. The third kappa shape index (κ3) is 4.74. The fourth-order valence-corrected chi connectivity index (χ4v) is 4.48. The van der Waals surface area contributed by atoms with Crippen LogP contribution in [0.5, 0.6) is 0 Å². The smallest absolute Gasteiger partial charge is 0.412 e. The van der Waals surface area contributed by atoms with Gasteiger partial charge in [0.15, 0.2) is 10.8 Å². The van der Waals surface area contributed by atoms with E-state index in [4.69, 9.17) is 4.74 Å². The summed E-state index contributed by atoms with van der Waals surface area (Å²) in [7, 11) is 0. The van der Waals surface area contributed by atoms with Crippen molar-refractivity contribution >= 4 is 28.1 Å². The van der Waals surface area contributed by atoms with Gasteiger partial charge in [0.1, 0.15) is 11.6 Å². The van der Waals surface area contributed by atoms with Crippen LogP contribution in [0.25, 0.3) is 10.6 Å². The van der Waals surface area contributed by atoms with Gasteiger partial charge in [-0.2, -0.15) is 4.68 Å². The molecule has 1 amide bonds. The number of thiazole rings is 1. The van der Waals surface area contributed by atoms with Crippen molar-refractivity contribution < 1.29 is 9.53 Å². The van der Waals surface area contributed by atoms with Gasteiger partial charge in [0.25, 0.3) is 0 Å². The highest BCUT2D eigenvalue weighted by atomic mass is 32.1. The molecule has 11 heteroatoms. The second-order valence-electron chi connectivity index (χ2n) is 9.51. The molecule has 172 valence electrons. The lowest BCUT2D eigenvalue weighted by Crippen LogP contribution is -2.34. The minimum atomic E-state index is -0.561. The molecule has 1 unspecified atom stereocenters. The molecule has 1 aliphatic rings. The van der Waals surface area contributed by atoms with Gasteiger partial charge in [0, 0.05) is 34.7 Å². The molecule has 2 N–H and O–H groups in total. The van der Waals surface area contributed by atoms with E-state index in [0.29, 0.717) is 11.5 Å². The highest BCUT2D eigenvalue weighted by molar-refractivity contribution is 7.17. The maximum absolute atomic E-state index is 12.0. The van der Waals surface area contributed by atoms with Gasteiger partial charge in [0.2, 0.25) is 0 Å². The molecule has 0 saturated heterocycles. The summed E-state index contributed by atoms with van der Waals surface area (Å²) in [5.74, 6) is 0.695. The minimum absolute atomic E-state index is 0.0642. The van der Waals surface area contributed by atoms with Crippen molar-refractivity contribution in [2.24, 2.45) is 0 Å². The van der Waals surface area contributed by atoms with Gasteiger partial charge in [-0.05, 0) is 75.2 Å². The number of anilines is 1. The average Bonchev–Trinajstić information content (AvgIpc) is 3.13. The first kappa shape index (κ1) is 21.5. The second kappa shape index (κ2) is 7.92. The normalized spacial score (nSPS) is 16.0. The molecule has 0 aliphatic heterocycles. The molecule has 1 aromatic carbocycles. The second-order valence-corrected chi connectivity index (χ2v) is 10.6. The average molecular weight is 467 g/mol. The number of carbonyl (C=O) groups is 1. The van der Waals surface area contributed by atoms with Crippen LogP contribution in [0.15, 0.2) is 42.9 Å². The number of aromatic nitrogens is 6. The Bertz CT molecular complexity index is 1250. The van der Waals surface area contributed by atoms with Crippen molar-refractivity contribution in [1.82, 2.24) is 34.9 Å². The van der Waals surface area contributed by atoms with Crippen LogP contribution < -0.4 is 10.6 Å². The van der Waals surface area contributed by atoms with Crippen LogP contribution in [0, 0.1) is 0 Å². The van der Waals surface area contributed by atoms with E-state index in [1.54, 1.807) is 34.3 Å². The molecule has 1 saturated carbocycles. The van der Waals surface area contributed by atoms with E-state index in [-0.39, 0.29) is 11.6 Å². The molecule has 1 atom stereocenters. The van der Waals surface area contributed by atoms with Crippen molar-refractivity contribution in [1.29, 1.82) is 0 Å². The van der Waals surface area contributed by atoms with E-state index in [2.05, 4.69) is 44.3 Å². The van der Waals surface area contributed by atoms with E-state index in [1.807, 2.05) is 43.5 Å². The van der Waals surface area contributed by atoms with Crippen LogP contribution >= 0.6 is 11.3 Å². The molecule has 10 nitrogen and oxygen atoms in total. The van der Waals surface area contributed by atoms with Crippen LogP contribution in [-0.2, 0) is 4.74 Å². The summed E-state index contributed by atoms with van der Waals surface area (Å²) in [6.07, 6.45) is 7.52. The number of imidazole rings is 1. The SMILES string of the molecule is CC1(NC(c2cn3ccnc3s2)c2nnnn2-c2ccc(NC(=O)OC(C)(C)C)cc2)CC1. The number of carbonyl (C=O) groups excluding carboxylic acids is 1. The fourth-order valence-electron chi connectivity index (χ4n) is 3.49. The number of hydrogen-bond donors (Lipinski definition) is 2. The van der Waals surface area contributed by atoms with Gasteiger partial charge in [-0.3, -0.25) is 15.0 Å². The number of amides is 1. The molecule has 5 rings (SSSR count). The third-order valence-corrected chi connectivity index (χ3v) is 6.47. The number of nitrogens with zero attached hydrogens (tertiary/aromatic N) is 6. The summed E-state index contributed by atoms with van der Waals surface area (Å²) in [5.41, 5.74) is 0.921. The Balaban J connectivity index is 1.42. The highest BCUT2D eigenvalue weighted by Crippen LogP contribution is 2.39. The van der Waals surface area contributed by atoms with Crippen LogP contribution in [-0.4, -0.2) is 46.8 Å². The lowest BCUT2D eigenvalue weighted by atomic mass is 10.2. The van der Waals surface area contributed by atoms with Crippen LogP contribution in [0.2, 0.25) is 0 Å². The van der Waals surface area contributed by atoms with Crippen molar-refractivity contribution in [3.8, 4) is 5.69 Å². The Kier molecular flexibility index (Phi) is 5.17. The number of ether oxygens (including phenoxy) is 1. The number of benzene rings is 1. The maximum atomic E-state index is 12.0. The van der Waals surface area contributed by atoms with Crippen LogP contribution in [0.1, 0.15) is 57.3 Å². The van der Waals surface area contributed by atoms with Crippen LogP contribution in [0.3, 0.4) is 0 Å². The zero-order chi connectivity index (χ0) is 23.2. The standard InChI is InChI=1S/C22H26N8O2S/c1-21(2,3)32-20(31)24-14-5-7-15(8-6-14)30-18(26-27-28-30)17(25-22(4)9-10-22)16-13-29-12-11-23-19(29)33-16/h5-8,11-13,17,25H,9-10H2,1-4H3,(H,24,31). The van der Waals surface area contributed by atoms with Crippen molar-refractivity contribution in [3.05, 3.63) is 53.6 Å². The Labute approximate surface area is 195 Å². The summed E-state index contributed by atoms with van der Waals surface area (Å²) in [6.45, 7) is 7.69. The monoisotopic (exact) mass is 466 g/mol. The topological polar surface area (TPSA) is 111 Å². The van der Waals surface area contributed by atoms with Crippen LogP contribution in [0.4, 0.5) is 10.5 Å². The van der Waals surface area contributed by atoms with E-state index >= 15 is 0 Å². The molecule has 0 radical (unpaired) electrons. The fraction of sp³-hybridized carbons (Fsp3) is 0.409. The minimum Gasteiger partial charge on any atom is -0.444 e. The molecule has 33 heavy (non-hydrogen) atoms. The number of fused-ring (bicyclic) bond motifs is 1. The van der Waals surface area contributed by atoms with Crippen molar-refractivity contribution in [2.75, 3.05) is 5.32 Å². The molecular formula is C22H26N8O2S. The lowest BCUT2D eigenvalue weighted by molar-refractivity contribution is 0.0636. The van der Waals surface area contributed by atoms with E-state index in [1.165, 1.54) is 0 Å². The van der Waals surface area contributed by atoms with Gasteiger partial charge < -0.3 is 4.74 Å². The van der Waals surface area contributed by atoms with E-state index in [0.717, 1.165) is 28.4 Å². The number of rotatable bonds is 6. The predicted molar refractivity (Wildman–Crippen MR) is 125 cm³/mol. The Hall–Kier alpha value is -3.31. The molecule has 3 aromatic heterocycles. The molecular weight excluding hydrogens is 440 g/mol. The maximum Gasteiger partial charge on any atom is 0.412 e. The first-order chi connectivity index (χ1) is 15.7. The summed E-state index contributed by atoms with van der Waals surface area (Å²) < 4.78 is 9.05. The lowest BCUT2D eigenvalue weighted by Gasteiger charge is -2.21. The van der Waals surface area contributed by atoms with Gasteiger partial charge in [-0.1, -0.05) is 11.3 Å². The molecule has 0 spiro atoms. The number of nitrogens with one attached hydrogen (secondary N) is 2. The van der Waals surface area contributed by atoms with Gasteiger partial charge in [-0.15, -0.1) is 5.10 Å². The van der Waals surface area contributed by atoms with Gasteiger partial charge in [-0.25, -0.2) is 9.78 Å². The molecule has 1 fully saturated rings. The Morgan fingerprint density at radius 2 is 2.00 bits per heavy atom. The van der Waals surface area contributed by atoms with Gasteiger partial charge >= 0.3 is 6.09 Å². The summed E-state index contributed by atoms with van der Waals surface area (Å²) >= 11 is 1.62. The predicted octanol–water partition coefficient (Wildman–Crippen LogP) is 3.95. The zero-order valence-corrected chi connectivity index (χ0v) is 19.8. The summed E-state index contributed by atoms with van der Waals surface area (Å²) in [5, 5.41) is 19.1. The molecule has 1 aliphatic carbocycles. The Morgan fingerprint density at radius 3 is 2.67 bits per heavy atom. The third-order valence-electron chi connectivity index (χ3n) is 5.39. The molecule has 4 aromatic rings. The first-order valence-corrected chi connectivity index (χ1v) is 11.6. The largest absolute Gasteiger partial charge is 0.444 e. The molecule has 3 heterocycles. The number of tetrazole rings is 1. The van der Waals surface area contributed by atoms with Gasteiger partial charge in [0.05, 0.1) is 5.69 Å². The summed E-state index contributed by atoms with van der Waals surface area (Å²) in [4.78, 5) is 18.5. The quantitative estimate of drug-likeness (QED) is 0.442. The van der Waals surface area contributed by atoms with Crippen molar-refractivity contribution in [2.45, 2.75) is 57.7 Å². The van der Waals surface area contributed by atoms with Crippen molar-refractivity contribution in [3.63, 3.8) is 0 Å². The number of hydrogen-bond acceptors (Lipinski definition) is 8. The molecule has 0 bridgehead atoms.